The van der Waals surface area contributed by atoms with Gasteiger partial charge in [-0.05, 0) is 45.0 Å². The second kappa shape index (κ2) is 7.90. The zero-order chi connectivity index (χ0) is 15.1. The Kier molecular flexibility index (Phi) is 6.52. The summed E-state index contributed by atoms with van der Waals surface area (Å²) in [6.07, 6.45) is 0.978. The van der Waals surface area contributed by atoms with Crippen LogP contribution in [0.3, 0.4) is 0 Å². The molecule has 0 spiro atoms. The van der Waals surface area contributed by atoms with E-state index in [1.165, 1.54) is 5.56 Å². The minimum atomic E-state index is -0.0931. The van der Waals surface area contributed by atoms with Crippen LogP contribution in [0.2, 0.25) is 0 Å². The fourth-order valence-electron chi connectivity index (χ4n) is 2.19. The molecule has 112 valence electrons. The molecule has 1 rings (SSSR count). The van der Waals surface area contributed by atoms with Crippen molar-refractivity contribution in [3.63, 3.8) is 0 Å². The quantitative estimate of drug-likeness (QED) is 0.797. The lowest BCUT2D eigenvalue weighted by molar-refractivity contribution is -0.713. The van der Waals surface area contributed by atoms with Crippen molar-refractivity contribution in [2.75, 3.05) is 7.11 Å². The van der Waals surface area contributed by atoms with E-state index in [-0.39, 0.29) is 24.0 Å². The maximum atomic E-state index is 12.0. The van der Waals surface area contributed by atoms with Gasteiger partial charge >= 0.3 is 0 Å². The third-order valence-corrected chi connectivity index (χ3v) is 3.35. The molecule has 4 nitrogen and oxygen atoms in total. The Morgan fingerprint density at radius 3 is 2.30 bits per heavy atom. The molecule has 4 heteroatoms. The molecule has 0 aliphatic heterocycles. The summed E-state index contributed by atoms with van der Waals surface area (Å²) in [5.74, 6) is 0.946. The van der Waals surface area contributed by atoms with Crippen LogP contribution in [0.1, 0.15) is 45.7 Å². The second-order valence-corrected chi connectivity index (χ2v) is 5.43. The smallest absolute Gasteiger partial charge is 0.278 e. The molecule has 2 atom stereocenters. The minimum Gasteiger partial charge on any atom is -0.497 e. The number of rotatable bonds is 7. The summed E-state index contributed by atoms with van der Waals surface area (Å²) >= 11 is 0. The first-order chi connectivity index (χ1) is 9.47. The molecule has 1 aromatic carbocycles. The normalized spacial score (nSPS) is 13.9. The summed E-state index contributed by atoms with van der Waals surface area (Å²) in [6.45, 7) is 8.04. The van der Waals surface area contributed by atoms with E-state index in [9.17, 15) is 4.79 Å². The summed E-state index contributed by atoms with van der Waals surface area (Å²) in [5.41, 5.74) is 1.22. The SMILES string of the molecule is CC[C@H]([NH2+][C@@H](C)C(=O)NC(C)C)c1ccc(OC)cc1. The number of nitrogens with two attached hydrogens (primary N) is 1. The standard InChI is InChI=1S/C16H26N2O2/c1-6-15(13-7-9-14(20-5)10-8-13)18-12(4)16(19)17-11(2)3/h7-12,15,18H,6H2,1-5H3,(H,17,19)/p+1/t12-,15-/m0/s1. The molecular formula is C16H27N2O2+. The van der Waals surface area contributed by atoms with Crippen LogP contribution >= 0.6 is 0 Å². The molecule has 1 aromatic rings. The van der Waals surface area contributed by atoms with Crippen molar-refractivity contribution in [1.82, 2.24) is 5.32 Å². The molecule has 20 heavy (non-hydrogen) atoms. The van der Waals surface area contributed by atoms with Gasteiger partial charge in [0.25, 0.3) is 5.91 Å². The van der Waals surface area contributed by atoms with Crippen LogP contribution in [0.15, 0.2) is 24.3 Å². The number of amides is 1. The van der Waals surface area contributed by atoms with E-state index < -0.39 is 0 Å². The van der Waals surface area contributed by atoms with Crippen LogP contribution in [-0.4, -0.2) is 25.1 Å². The van der Waals surface area contributed by atoms with Gasteiger partial charge in [-0.2, -0.15) is 0 Å². The van der Waals surface area contributed by atoms with Crippen molar-refractivity contribution in [3.8, 4) is 5.75 Å². The third kappa shape index (κ3) is 4.85. The summed E-state index contributed by atoms with van der Waals surface area (Å²) in [5, 5.41) is 5.08. The number of carbonyl (C=O) groups excluding carboxylic acids is 1. The van der Waals surface area contributed by atoms with Gasteiger partial charge in [0, 0.05) is 18.0 Å². The van der Waals surface area contributed by atoms with Crippen LogP contribution < -0.4 is 15.4 Å². The number of nitrogens with one attached hydrogen (secondary N) is 1. The topological polar surface area (TPSA) is 54.9 Å². The first-order valence-electron chi connectivity index (χ1n) is 7.27. The molecule has 0 radical (unpaired) electrons. The fraction of sp³-hybridized carbons (Fsp3) is 0.562. The summed E-state index contributed by atoms with van der Waals surface area (Å²) in [6, 6.07) is 8.43. The number of methoxy groups -OCH3 is 1. The Hall–Kier alpha value is -1.55. The fourth-order valence-corrected chi connectivity index (χ4v) is 2.19. The number of benzene rings is 1. The second-order valence-electron chi connectivity index (χ2n) is 5.43. The highest BCUT2D eigenvalue weighted by atomic mass is 16.5. The summed E-state index contributed by atoms with van der Waals surface area (Å²) in [4.78, 5) is 12.0. The minimum absolute atomic E-state index is 0.0898. The highest BCUT2D eigenvalue weighted by molar-refractivity contribution is 5.80. The van der Waals surface area contributed by atoms with Crippen molar-refractivity contribution in [1.29, 1.82) is 0 Å². The van der Waals surface area contributed by atoms with Gasteiger partial charge in [0.05, 0.1) is 7.11 Å². The predicted molar refractivity (Wildman–Crippen MR) is 80.7 cm³/mol. The molecule has 0 unspecified atom stereocenters. The predicted octanol–water partition coefficient (Wildman–Crippen LogP) is 1.62. The van der Waals surface area contributed by atoms with E-state index in [0.717, 1.165) is 12.2 Å². The largest absolute Gasteiger partial charge is 0.497 e. The van der Waals surface area contributed by atoms with Gasteiger partial charge in [0.15, 0.2) is 6.04 Å². The zero-order valence-electron chi connectivity index (χ0n) is 13.1. The Morgan fingerprint density at radius 1 is 1.25 bits per heavy atom. The highest BCUT2D eigenvalue weighted by Crippen LogP contribution is 2.17. The Bertz CT molecular complexity index is 415. The average Bonchev–Trinajstić information content (AvgIpc) is 2.43. The molecule has 0 aliphatic rings. The number of carbonyl (C=O) groups is 1. The summed E-state index contributed by atoms with van der Waals surface area (Å²) < 4.78 is 5.17. The van der Waals surface area contributed by atoms with Crippen molar-refractivity contribution < 1.29 is 14.8 Å². The molecule has 0 bridgehead atoms. The third-order valence-electron chi connectivity index (χ3n) is 3.35. The lowest BCUT2D eigenvalue weighted by Crippen LogP contribution is -2.92. The zero-order valence-corrected chi connectivity index (χ0v) is 13.1. The number of hydrogen-bond donors (Lipinski definition) is 2. The van der Waals surface area contributed by atoms with Crippen molar-refractivity contribution >= 4 is 5.91 Å². The van der Waals surface area contributed by atoms with Crippen molar-refractivity contribution in [2.24, 2.45) is 0 Å². The molecule has 0 saturated carbocycles. The van der Waals surface area contributed by atoms with Crippen LogP contribution in [0.4, 0.5) is 0 Å². The molecule has 0 heterocycles. The number of hydrogen-bond acceptors (Lipinski definition) is 2. The van der Waals surface area contributed by atoms with Gasteiger partial charge < -0.3 is 15.4 Å². The first-order valence-corrected chi connectivity index (χ1v) is 7.27. The highest BCUT2D eigenvalue weighted by Gasteiger charge is 2.22. The Balaban J connectivity index is 2.68. The van der Waals surface area contributed by atoms with Gasteiger partial charge in [-0.25, -0.2) is 0 Å². The van der Waals surface area contributed by atoms with E-state index >= 15 is 0 Å². The van der Waals surface area contributed by atoms with Crippen LogP contribution in [-0.2, 0) is 4.79 Å². The van der Waals surface area contributed by atoms with Gasteiger partial charge in [0.1, 0.15) is 11.8 Å². The van der Waals surface area contributed by atoms with E-state index in [1.54, 1.807) is 7.11 Å². The van der Waals surface area contributed by atoms with Gasteiger partial charge in [-0.15, -0.1) is 0 Å². The lowest BCUT2D eigenvalue weighted by Gasteiger charge is -2.20. The number of ether oxygens (including phenoxy) is 1. The van der Waals surface area contributed by atoms with Gasteiger partial charge in [-0.3, -0.25) is 4.79 Å². The van der Waals surface area contributed by atoms with Crippen LogP contribution in [0.25, 0.3) is 0 Å². The van der Waals surface area contributed by atoms with Gasteiger partial charge in [0.2, 0.25) is 0 Å². The van der Waals surface area contributed by atoms with Crippen LogP contribution in [0.5, 0.6) is 5.75 Å². The number of quaternary nitrogens is 1. The van der Waals surface area contributed by atoms with E-state index in [0.29, 0.717) is 0 Å². The van der Waals surface area contributed by atoms with Crippen LogP contribution in [0, 0.1) is 0 Å². The maximum absolute atomic E-state index is 12.0. The average molecular weight is 279 g/mol. The monoisotopic (exact) mass is 279 g/mol. The maximum Gasteiger partial charge on any atom is 0.278 e. The van der Waals surface area contributed by atoms with E-state index in [1.807, 2.05) is 32.9 Å². The Morgan fingerprint density at radius 2 is 1.85 bits per heavy atom. The first kappa shape index (κ1) is 16.5. The molecule has 0 aromatic heterocycles. The molecule has 1 amide bonds. The molecule has 0 saturated heterocycles. The van der Waals surface area contributed by atoms with E-state index in [4.69, 9.17) is 4.74 Å². The van der Waals surface area contributed by atoms with Crippen molar-refractivity contribution in [2.45, 2.75) is 52.2 Å². The molecule has 3 N–H and O–H groups in total. The molecular weight excluding hydrogens is 252 g/mol. The van der Waals surface area contributed by atoms with E-state index in [2.05, 4.69) is 29.7 Å². The Labute approximate surface area is 121 Å². The summed E-state index contributed by atoms with van der Waals surface area (Å²) in [7, 11) is 1.66. The van der Waals surface area contributed by atoms with Crippen molar-refractivity contribution in [3.05, 3.63) is 29.8 Å². The lowest BCUT2D eigenvalue weighted by atomic mass is 10.0. The van der Waals surface area contributed by atoms with Gasteiger partial charge in [-0.1, -0.05) is 6.92 Å². The molecule has 0 aliphatic carbocycles. The molecule has 0 fully saturated rings.